The Morgan fingerprint density at radius 1 is 0.533 bits per heavy atom. The lowest BCUT2D eigenvalue weighted by Crippen LogP contribution is -2.29. The molecule has 0 aromatic heterocycles. The Hall–Kier alpha value is -5.76. The van der Waals surface area contributed by atoms with Gasteiger partial charge in [-0.25, -0.2) is 9.80 Å². The third-order valence-electron chi connectivity index (χ3n) is 7.87. The van der Waals surface area contributed by atoms with Crippen molar-refractivity contribution < 1.29 is 28.7 Å². The van der Waals surface area contributed by atoms with Crippen molar-refractivity contribution in [2.75, 3.05) is 9.80 Å². The Balaban J connectivity index is 1.13. The molecule has 6 rings (SSSR count). The van der Waals surface area contributed by atoms with Crippen LogP contribution in [-0.4, -0.2) is 23.6 Å². The fourth-order valence-corrected chi connectivity index (χ4v) is 5.56. The number of amides is 4. The molecule has 8 heteroatoms. The molecule has 0 saturated heterocycles. The highest BCUT2D eigenvalue weighted by Gasteiger charge is 2.26. The van der Waals surface area contributed by atoms with Crippen LogP contribution in [0, 0.1) is 13.8 Å². The highest BCUT2D eigenvalue weighted by Crippen LogP contribution is 2.36. The van der Waals surface area contributed by atoms with E-state index in [0.29, 0.717) is 22.9 Å². The van der Waals surface area contributed by atoms with Gasteiger partial charge in [0.25, 0.3) is 23.6 Å². The van der Waals surface area contributed by atoms with Gasteiger partial charge in [-0.05, 0) is 103 Å². The summed E-state index contributed by atoms with van der Waals surface area (Å²) in [6.07, 6.45) is 5.93. The van der Waals surface area contributed by atoms with Crippen LogP contribution in [-0.2, 0) is 19.2 Å². The molecule has 4 amide bonds. The first kappa shape index (κ1) is 29.3. The number of carbonyl (C=O) groups excluding carboxylic acids is 4. The Morgan fingerprint density at radius 3 is 1.20 bits per heavy atom. The molecule has 0 saturated carbocycles. The Labute approximate surface area is 260 Å². The third-order valence-corrected chi connectivity index (χ3v) is 7.87. The summed E-state index contributed by atoms with van der Waals surface area (Å²) in [7, 11) is 0. The van der Waals surface area contributed by atoms with Gasteiger partial charge in [-0.3, -0.25) is 19.2 Å². The van der Waals surface area contributed by atoms with E-state index in [1.807, 2.05) is 26.0 Å². The monoisotopic (exact) mass is 598 g/mol. The zero-order chi connectivity index (χ0) is 31.7. The van der Waals surface area contributed by atoms with E-state index in [1.54, 1.807) is 48.5 Å². The smallest absolute Gasteiger partial charge is 0.258 e. The average molecular weight is 599 g/mol. The Morgan fingerprint density at radius 2 is 0.889 bits per heavy atom. The number of imide groups is 2. The van der Waals surface area contributed by atoms with Crippen molar-refractivity contribution in [2.24, 2.45) is 0 Å². The summed E-state index contributed by atoms with van der Waals surface area (Å²) in [6.45, 7) is 6.17. The van der Waals surface area contributed by atoms with Gasteiger partial charge in [-0.2, -0.15) is 0 Å². The first-order valence-electron chi connectivity index (χ1n) is 14.6. The molecule has 2 aliphatic rings. The number of carbonyl (C=O) groups is 4. The van der Waals surface area contributed by atoms with Crippen molar-refractivity contribution in [3.8, 4) is 23.0 Å². The molecule has 0 aliphatic carbocycles. The van der Waals surface area contributed by atoms with Crippen LogP contribution < -0.4 is 19.3 Å². The van der Waals surface area contributed by atoms with E-state index in [2.05, 4.69) is 31.2 Å². The average Bonchev–Trinajstić information content (AvgIpc) is 3.55. The van der Waals surface area contributed by atoms with Crippen LogP contribution in [0.5, 0.6) is 23.0 Å². The van der Waals surface area contributed by atoms with Gasteiger partial charge in [-0.1, -0.05) is 31.2 Å². The van der Waals surface area contributed by atoms with Crippen LogP contribution in [0.3, 0.4) is 0 Å². The molecule has 0 spiro atoms. The van der Waals surface area contributed by atoms with E-state index in [0.717, 1.165) is 38.8 Å². The van der Waals surface area contributed by atoms with Gasteiger partial charge in [0.15, 0.2) is 0 Å². The molecular weight excluding hydrogens is 568 g/mol. The second kappa shape index (κ2) is 12.1. The second-order valence-electron chi connectivity index (χ2n) is 10.9. The van der Waals surface area contributed by atoms with Crippen LogP contribution in [0.2, 0.25) is 0 Å². The summed E-state index contributed by atoms with van der Waals surface area (Å²) in [4.78, 5) is 50.1. The van der Waals surface area contributed by atoms with Crippen LogP contribution >= 0.6 is 0 Å². The summed E-state index contributed by atoms with van der Waals surface area (Å²) in [5, 5.41) is 0. The molecule has 0 radical (unpaired) electrons. The number of aryl methyl sites for hydroxylation is 2. The Bertz CT molecular complexity index is 1720. The SMILES string of the molecule is CCC(c1ccc(Oc2ccc(N3C(=O)C=CC3=O)cc2)c(C)c1)c1ccc(Oc2ccc(N3C(=O)C=CC3=O)cc2)c(C)c1. The van der Waals surface area contributed by atoms with E-state index in [1.165, 1.54) is 35.4 Å². The predicted molar refractivity (Wildman–Crippen MR) is 171 cm³/mol. The maximum atomic E-state index is 12.0. The number of rotatable bonds is 9. The molecular formula is C37H30N2O6. The maximum absolute atomic E-state index is 12.0. The molecule has 4 aromatic carbocycles. The third kappa shape index (κ3) is 5.90. The summed E-state index contributed by atoms with van der Waals surface area (Å²) >= 11 is 0. The largest absolute Gasteiger partial charge is 0.457 e. The van der Waals surface area contributed by atoms with Gasteiger partial charge in [0.1, 0.15) is 23.0 Å². The lowest BCUT2D eigenvalue weighted by molar-refractivity contribution is -0.121. The summed E-state index contributed by atoms with van der Waals surface area (Å²) in [5.74, 6) is 1.37. The molecule has 0 atom stereocenters. The maximum Gasteiger partial charge on any atom is 0.258 e. The first-order chi connectivity index (χ1) is 21.7. The van der Waals surface area contributed by atoms with Crippen LogP contribution in [0.1, 0.15) is 41.5 Å². The molecule has 4 aromatic rings. The van der Waals surface area contributed by atoms with Crippen LogP contribution in [0.25, 0.3) is 0 Å². The fourth-order valence-electron chi connectivity index (χ4n) is 5.56. The van der Waals surface area contributed by atoms with Gasteiger partial charge in [0.05, 0.1) is 11.4 Å². The second-order valence-corrected chi connectivity index (χ2v) is 10.9. The van der Waals surface area contributed by atoms with Gasteiger partial charge in [-0.15, -0.1) is 0 Å². The van der Waals surface area contributed by atoms with Gasteiger partial charge < -0.3 is 9.47 Å². The van der Waals surface area contributed by atoms with Crippen molar-refractivity contribution in [3.63, 3.8) is 0 Å². The van der Waals surface area contributed by atoms with Crippen LogP contribution in [0.4, 0.5) is 11.4 Å². The topological polar surface area (TPSA) is 93.2 Å². The zero-order valence-electron chi connectivity index (χ0n) is 25.0. The highest BCUT2D eigenvalue weighted by molar-refractivity contribution is 6.28. The van der Waals surface area contributed by atoms with E-state index in [-0.39, 0.29) is 29.5 Å². The van der Waals surface area contributed by atoms with Gasteiger partial charge in [0.2, 0.25) is 0 Å². The van der Waals surface area contributed by atoms with Crippen molar-refractivity contribution >= 4 is 35.0 Å². The lowest BCUT2D eigenvalue weighted by atomic mass is 9.87. The standard InChI is InChI=1S/C37H30N2O6/c1-4-31(25-5-15-32(23(2)21-25)44-29-11-7-27(8-12-29)38-34(40)17-18-35(38)41)26-6-16-33(24(3)22-26)45-30-13-9-28(10-14-30)39-36(42)19-20-37(39)43/h5-22,31H,4H2,1-3H3. The number of hydrogen-bond acceptors (Lipinski definition) is 6. The molecule has 0 unspecified atom stereocenters. The number of anilines is 2. The number of hydrogen-bond donors (Lipinski definition) is 0. The van der Waals surface area contributed by atoms with Crippen LogP contribution in [0.15, 0.2) is 109 Å². The van der Waals surface area contributed by atoms with Gasteiger partial charge >= 0.3 is 0 Å². The number of nitrogens with zero attached hydrogens (tertiary/aromatic N) is 2. The molecule has 0 N–H and O–H groups in total. The summed E-state index contributed by atoms with van der Waals surface area (Å²) in [5.41, 5.74) is 5.29. The van der Waals surface area contributed by atoms with Crippen molar-refractivity contribution in [1.82, 2.24) is 0 Å². The molecule has 224 valence electrons. The summed E-state index contributed by atoms with van der Waals surface area (Å²) < 4.78 is 12.3. The lowest BCUT2D eigenvalue weighted by Gasteiger charge is -2.20. The van der Waals surface area contributed by atoms with E-state index in [9.17, 15) is 19.2 Å². The zero-order valence-corrected chi connectivity index (χ0v) is 25.0. The van der Waals surface area contributed by atoms with E-state index >= 15 is 0 Å². The summed E-state index contributed by atoms with van der Waals surface area (Å²) in [6, 6.07) is 26.1. The predicted octanol–water partition coefficient (Wildman–Crippen LogP) is 7.29. The minimum atomic E-state index is -0.358. The fraction of sp³-hybridized carbons (Fsp3) is 0.135. The minimum Gasteiger partial charge on any atom is -0.457 e. The van der Waals surface area contributed by atoms with Gasteiger partial charge in [0, 0.05) is 30.2 Å². The molecule has 45 heavy (non-hydrogen) atoms. The van der Waals surface area contributed by atoms with E-state index in [4.69, 9.17) is 9.47 Å². The molecule has 2 heterocycles. The Kier molecular flexibility index (Phi) is 7.87. The molecule has 8 nitrogen and oxygen atoms in total. The van der Waals surface area contributed by atoms with Crippen molar-refractivity contribution in [2.45, 2.75) is 33.1 Å². The number of benzene rings is 4. The first-order valence-corrected chi connectivity index (χ1v) is 14.6. The molecule has 0 bridgehead atoms. The van der Waals surface area contributed by atoms with Crippen molar-refractivity contribution in [3.05, 3.63) is 131 Å². The number of ether oxygens (including phenoxy) is 2. The van der Waals surface area contributed by atoms with Crippen molar-refractivity contribution in [1.29, 1.82) is 0 Å². The van der Waals surface area contributed by atoms with E-state index < -0.39 is 0 Å². The normalized spacial score (nSPS) is 14.3. The highest BCUT2D eigenvalue weighted by atomic mass is 16.5. The molecule has 0 fully saturated rings. The quantitative estimate of drug-likeness (QED) is 0.188. The molecule has 2 aliphatic heterocycles. The minimum absolute atomic E-state index is 0.164.